The van der Waals surface area contributed by atoms with E-state index in [0.717, 1.165) is 48.7 Å². The fraction of sp³-hybridized carbons (Fsp3) is 0.500. The highest BCUT2D eigenvalue weighted by atomic mass is 32.2. The number of amides is 1. The van der Waals surface area contributed by atoms with E-state index in [2.05, 4.69) is 26.3 Å². The molecule has 2 aliphatic rings. The molecule has 2 aliphatic heterocycles. The zero-order chi connectivity index (χ0) is 26.1. The maximum Gasteiger partial charge on any atom is 0.410 e. The maximum absolute atomic E-state index is 12.5. The third-order valence-corrected chi connectivity index (χ3v) is 7.58. The SMILES string of the molecule is C=CCN(c1cc(N2CCc3cc(S(C)(=O)=O)ccc32)ncn1)C1CCN(C(=O)OC(C)(C)C)CC1. The molecule has 0 N–H and O–H groups in total. The van der Waals surface area contributed by atoms with Crippen LogP contribution in [0.25, 0.3) is 0 Å². The lowest BCUT2D eigenvalue weighted by Crippen LogP contribution is -2.48. The van der Waals surface area contributed by atoms with Gasteiger partial charge < -0.3 is 19.4 Å². The normalized spacial score (nSPS) is 16.6. The smallest absolute Gasteiger partial charge is 0.410 e. The zero-order valence-electron chi connectivity index (χ0n) is 21.5. The number of carbonyl (C=O) groups is 1. The van der Waals surface area contributed by atoms with Crippen molar-refractivity contribution in [3.8, 4) is 0 Å². The van der Waals surface area contributed by atoms with Crippen molar-refractivity contribution >= 4 is 33.3 Å². The van der Waals surface area contributed by atoms with Crippen LogP contribution in [0.2, 0.25) is 0 Å². The van der Waals surface area contributed by atoms with Crippen molar-refractivity contribution in [3.05, 3.63) is 48.8 Å². The average Bonchev–Trinajstić information content (AvgIpc) is 3.25. The Kier molecular flexibility index (Phi) is 7.26. The number of piperidine rings is 1. The van der Waals surface area contributed by atoms with Gasteiger partial charge in [0.15, 0.2) is 9.84 Å². The first kappa shape index (κ1) is 25.9. The molecule has 0 spiro atoms. The third-order valence-electron chi connectivity index (χ3n) is 6.47. The summed E-state index contributed by atoms with van der Waals surface area (Å²) in [5.41, 5.74) is 1.45. The van der Waals surface area contributed by atoms with Gasteiger partial charge in [0.25, 0.3) is 0 Å². The summed E-state index contributed by atoms with van der Waals surface area (Å²) in [6.07, 6.45) is 6.73. The zero-order valence-corrected chi connectivity index (χ0v) is 22.3. The molecule has 10 heteroatoms. The summed E-state index contributed by atoms with van der Waals surface area (Å²) < 4.78 is 29.4. The highest BCUT2D eigenvalue weighted by molar-refractivity contribution is 7.90. The molecule has 2 aromatic rings. The van der Waals surface area contributed by atoms with Crippen LogP contribution in [0.5, 0.6) is 0 Å². The van der Waals surface area contributed by atoms with Gasteiger partial charge >= 0.3 is 6.09 Å². The Balaban J connectivity index is 1.51. The second-order valence-electron chi connectivity index (χ2n) is 10.3. The average molecular weight is 514 g/mol. The number of carbonyl (C=O) groups excluding carboxylic acids is 1. The predicted molar refractivity (Wildman–Crippen MR) is 141 cm³/mol. The molecule has 1 amide bonds. The number of anilines is 3. The van der Waals surface area contributed by atoms with Crippen LogP contribution < -0.4 is 9.80 Å². The Hall–Kier alpha value is -3.14. The van der Waals surface area contributed by atoms with Gasteiger partial charge in [-0.3, -0.25) is 0 Å². The number of rotatable bonds is 6. The van der Waals surface area contributed by atoms with E-state index in [9.17, 15) is 13.2 Å². The Morgan fingerprint density at radius 3 is 2.56 bits per heavy atom. The van der Waals surface area contributed by atoms with Crippen LogP contribution in [-0.4, -0.2) is 73.5 Å². The van der Waals surface area contributed by atoms with E-state index in [1.54, 1.807) is 23.4 Å². The molecule has 0 bridgehead atoms. The van der Waals surface area contributed by atoms with Gasteiger partial charge in [-0.2, -0.15) is 0 Å². The van der Waals surface area contributed by atoms with Gasteiger partial charge in [0.1, 0.15) is 23.6 Å². The summed E-state index contributed by atoms with van der Waals surface area (Å²) in [6, 6.07) is 7.44. The number of aromatic nitrogens is 2. The number of fused-ring (bicyclic) bond motifs is 1. The molecule has 0 unspecified atom stereocenters. The predicted octanol–water partition coefficient (Wildman–Crippen LogP) is 3.97. The number of likely N-dealkylation sites (tertiary alicyclic amines) is 1. The molecule has 0 aliphatic carbocycles. The minimum absolute atomic E-state index is 0.202. The molecule has 1 saturated heterocycles. The Morgan fingerprint density at radius 2 is 1.92 bits per heavy atom. The number of nitrogens with zero attached hydrogens (tertiary/aromatic N) is 5. The molecule has 1 fully saturated rings. The topological polar surface area (TPSA) is 95.9 Å². The molecule has 0 radical (unpaired) electrons. The van der Waals surface area contributed by atoms with E-state index < -0.39 is 15.4 Å². The quantitative estimate of drug-likeness (QED) is 0.536. The first-order chi connectivity index (χ1) is 17.0. The second kappa shape index (κ2) is 10.1. The molecule has 0 saturated carbocycles. The summed E-state index contributed by atoms with van der Waals surface area (Å²) in [5, 5.41) is 0. The number of hydrogen-bond acceptors (Lipinski definition) is 8. The van der Waals surface area contributed by atoms with E-state index in [4.69, 9.17) is 4.74 Å². The van der Waals surface area contributed by atoms with Crippen molar-refractivity contribution in [1.82, 2.24) is 14.9 Å². The minimum atomic E-state index is -3.25. The highest BCUT2D eigenvalue weighted by Crippen LogP contribution is 2.36. The summed E-state index contributed by atoms with van der Waals surface area (Å²) in [4.78, 5) is 28.0. The van der Waals surface area contributed by atoms with Crippen molar-refractivity contribution < 1.29 is 17.9 Å². The van der Waals surface area contributed by atoms with Gasteiger partial charge in [-0.1, -0.05) is 6.08 Å². The highest BCUT2D eigenvalue weighted by Gasteiger charge is 2.30. The first-order valence-corrected chi connectivity index (χ1v) is 14.1. The summed E-state index contributed by atoms with van der Waals surface area (Å²) in [6.45, 7) is 12.1. The molecule has 9 nitrogen and oxygen atoms in total. The second-order valence-corrected chi connectivity index (χ2v) is 12.4. The molecular formula is C26H35N5O4S. The van der Waals surface area contributed by atoms with Crippen molar-refractivity contribution in [2.45, 2.75) is 56.6 Å². The first-order valence-electron chi connectivity index (χ1n) is 12.2. The number of ether oxygens (including phenoxy) is 1. The van der Waals surface area contributed by atoms with Gasteiger partial charge in [-0.15, -0.1) is 6.58 Å². The molecule has 1 aromatic carbocycles. The summed E-state index contributed by atoms with van der Waals surface area (Å²) in [7, 11) is -3.25. The lowest BCUT2D eigenvalue weighted by atomic mass is 10.0. The van der Waals surface area contributed by atoms with Crippen LogP contribution >= 0.6 is 0 Å². The number of hydrogen-bond donors (Lipinski definition) is 0. The van der Waals surface area contributed by atoms with E-state index in [1.165, 1.54) is 6.26 Å². The fourth-order valence-electron chi connectivity index (χ4n) is 4.74. The molecule has 3 heterocycles. The van der Waals surface area contributed by atoms with Gasteiger partial charge in [-0.05, 0) is 63.8 Å². The molecule has 4 rings (SSSR count). The van der Waals surface area contributed by atoms with E-state index >= 15 is 0 Å². The van der Waals surface area contributed by atoms with Crippen molar-refractivity contribution in [2.24, 2.45) is 0 Å². The van der Waals surface area contributed by atoms with Gasteiger partial charge in [0.05, 0.1) is 4.90 Å². The van der Waals surface area contributed by atoms with Crippen molar-refractivity contribution in [3.63, 3.8) is 0 Å². The Labute approximate surface area is 213 Å². The summed E-state index contributed by atoms with van der Waals surface area (Å²) in [5.74, 6) is 1.57. The minimum Gasteiger partial charge on any atom is -0.444 e. The molecule has 0 atom stereocenters. The van der Waals surface area contributed by atoms with E-state index in [0.29, 0.717) is 24.5 Å². The van der Waals surface area contributed by atoms with Crippen LogP contribution in [0, 0.1) is 0 Å². The monoisotopic (exact) mass is 513 g/mol. The van der Waals surface area contributed by atoms with Gasteiger partial charge in [-0.25, -0.2) is 23.2 Å². The molecular weight excluding hydrogens is 478 g/mol. The largest absolute Gasteiger partial charge is 0.444 e. The molecule has 1 aromatic heterocycles. The lowest BCUT2D eigenvalue weighted by molar-refractivity contribution is 0.0205. The Bertz CT molecular complexity index is 1230. The van der Waals surface area contributed by atoms with Gasteiger partial charge in [0, 0.05) is 50.2 Å². The van der Waals surface area contributed by atoms with Crippen LogP contribution in [0.15, 0.2) is 48.1 Å². The van der Waals surface area contributed by atoms with Crippen LogP contribution in [0.3, 0.4) is 0 Å². The molecule has 36 heavy (non-hydrogen) atoms. The van der Waals surface area contributed by atoms with E-state index in [-0.39, 0.29) is 12.1 Å². The van der Waals surface area contributed by atoms with Crippen molar-refractivity contribution in [2.75, 3.05) is 42.2 Å². The number of sulfone groups is 1. The van der Waals surface area contributed by atoms with Gasteiger partial charge in [0.2, 0.25) is 0 Å². The number of benzene rings is 1. The van der Waals surface area contributed by atoms with Crippen LogP contribution in [-0.2, 0) is 21.0 Å². The van der Waals surface area contributed by atoms with Crippen LogP contribution in [0.1, 0.15) is 39.2 Å². The fourth-order valence-corrected chi connectivity index (χ4v) is 5.42. The molecule has 194 valence electrons. The Morgan fingerprint density at radius 1 is 1.19 bits per heavy atom. The maximum atomic E-state index is 12.5. The van der Waals surface area contributed by atoms with E-state index in [1.807, 2.05) is 39.0 Å². The van der Waals surface area contributed by atoms with Crippen molar-refractivity contribution in [1.29, 1.82) is 0 Å². The third kappa shape index (κ3) is 5.80. The standard InChI is InChI=1S/C26H35N5O4S/c1-6-12-30(20-10-13-29(14-11-20)25(32)35-26(2,3)4)23-17-24(28-18-27-23)31-15-9-19-16-21(36(5,33)34)7-8-22(19)31/h6-8,16-18,20H,1,9-15H2,2-5H3. The lowest BCUT2D eigenvalue weighted by Gasteiger charge is -2.39. The summed E-state index contributed by atoms with van der Waals surface area (Å²) >= 11 is 0. The van der Waals surface area contributed by atoms with Crippen LogP contribution in [0.4, 0.5) is 22.1 Å².